The third-order valence-corrected chi connectivity index (χ3v) is 2.71. The Hall–Kier alpha value is -0.960. The fraction of sp³-hybridized carbons (Fsp3) is 0.444. The van der Waals surface area contributed by atoms with E-state index >= 15 is 0 Å². The van der Waals surface area contributed by atoms with E-state index in [-0.39, 0.29) is 5.91 Å². The smallest absolute Gasteiger partial charge is 0.257 e. The van der Waals surface area contributed by atoms with Gasteiger partial charge >= 0.3 is 0 Å². The van der Waals surface area contributed by atoms with Crippen LogP contribution >= 0.6 is 22.6 Å². The van der Waals surface area contributed by atoms with Crippen molar-refractivity contribution in [1.82, 2.24) is 15.1 Å². The molecule has 0 saturated carbocycles. The summed E-state index contributed by atoms with van der Waals surface area (Å²) in [6, 6.07) is 1.67. The van der Waals surface area contributed by atoms with Crippen LogP contribution in [0.4, 0.5) is 5.82 Å². The van der Waals surface area contributed by atoms with Crippen LogP contribution in [0, 0.1) is 3.70 Å². The van der Waals surface area contributed by atoms with Gasteiger partial charge in [-0.15, -0.1) is 10.2 Å². The molecule has 3 N–H and O–H groups in total. The fourth-order valence-electron chi connectivity index (χ4n) is 1.32. The Bertz CT molecular complexity index is 380. The Morgan fingerprint density at radius 2 is 2.12 bits per heavy atom. The van der Waals surface area contributed by atoms with Crippen molar-refractivity contribution in [1.29, 1.82) is 0 Å². The van der Waals surface area contributed by atoms with Gasteiger partial charge in [0.1, 0.15) is 3.70 Å². The minimum atomic E-state index is -0.0919. The summed E-state index contributed by atoms with van der Waals surface area (Å²) in [5, 5.41) is 7.66. The van der Waals surface area contributed by atoms with Crippen LogP contribution in [0.1, 0.15) is 24.2 Å². The predicted octanol–water partition coefficient (Wildman–Crippen LogP) is 0.849. The quantitative estimate of drug-likeness (QED) is 0.484. The molecule has 0 atom stereocenters. The zero-order chi connectivity index (χ0) is 12.1. The third kappa shape index (κ3) is 2.79. The van der Waals surface area contributed by atoms with E-state index in [1.54, 1.807) is 11.0 Å². The monoisotopic (exact) mass is 335 g/mol. The number of anilines is 1. The van der Waals surface area contributed by atoms with Gasteiger partial charge in [-0.2, -0.15) is 0 Å². The molecular formula is C9H14IN5O. The van der Waals surface area contributed by atoms with Crippen molar-refractivity contribution < 1.29 is 4.79 Å². The highest BCUT2D eigenvalue weighted by molar-refractivity contribution is 14.1. The number of nitrogen functional groups attached to an aromatic ring is 1. The first-order valence-electron chi connectivity index (χ1n) is 4.93. The Balaban J connectivity index is 3.10. The SMILES string of the molecule is CCN(CC)C(=O)c1cc(I)nnc1NN. The van der Waals surface area contributed by atoms with E-state index in [4.69, 9.17) is 5.84 Å². The summed E-state index contributed by atoms with van der Waals surface area (Å²) in [7, 11) is 0. The highest BCUT2D eigenvalue weighted by Gasteiger charge is 2.18. The van der Waals surface area contributed by atoms with Crippen LogP contribution in [0.15, 0.2) is 6.07 Å². The number of nitrogens with zero attached hydrogens (tertiary/aromatic N) is 3. The molecular weight excluding hydrogens is 321 g/mol. The highest BCUT2D eigenvalue weighted by Crippen LogP contribution is 2.15. The molecule has 7 heteroatoms. The first kappa shape index (κ1) is 13.1. The minimum Gasteiger partial charge on any atom is -0.339 e. The molecule has 1 heterocycles. The van der Waals surface area contributed by atoms with Gasteiger partial charge < -0.3 is 10.3 Å². The largest absolute Gasteiger partial charge is 0.339 e. The van der Waals surface area contributed by atoms with Crippen molar-refractivity contribution in [3.63, 3.8) is 0 Å². The Labute approximate surface area is 108 Å². The molecule has 0 aliphatic rings. The maximum absolute atomic E-state index is 12.1. The number of nitrogens with two attached hydrogens (primary N) is 1. The van der Waals surface area contributed by atoms with E-state index in [9.17, 15) is 4.79 Å². The van der Waals surface area contributed by atoms with Gasteiger partial charge in [0, 0.05) is 13.1 Å². The van der Waals surface area contributed by atoms with Crippen molar-refractivity contribution in [3.8, 4) is 0 Å². The molecule has 0 radical (unpaired) electrons. The first-order valence-corrected chi connectivity index (χ1v) is 6.01. The van der Waals surface area contributed by atoms with E-state index < -0.39 is 0 Å². The highest BCUT2D eigenvalue weighted by atomic mass is 127. The zero-order valence-corrected chi connectivity index (χ0v) is 11.4. The maximum atomic E-state index is 12.1. The van der Waals surface area contributed by atoms with E-state index in [1.807, 2.05) is 36.4 Å². The van der Waals surface area contributed by atoms with Crippen LogP contribution in [0.5, 0.6) is 0 Å². The van der Waals surface area contributed by atoms with Crippen LogP contribution in [0.3, 0.4) is 0 Å². The normalized spacial score (nSPS) is 10.0. The number of carbonyl (C=O) groups excluding carboxylic acids is 1. The molecule has 1 rings (SSSR count). The second-order valence-corrected chi connectivity index (χ2v) is 4.16. The van der Waals surface area contributed by atoms with Crippen LogP contribution < -0.4 is 11.3 Å². The number of hydrogen-bond acceptors (Lipinski definition) is 5. The predicted molar refractivity (Wildman–Crippen MR) is 69.8 cm³/mol. The van der Waals surface area contributed by atoms with Crippen LogP contribution in [-0.4, -0.2) is 34.1 Å². The fourth-order valence-corrected chi connectivity index (χ4v) is 1.74. The number of rotatable bonds is 4. The molecule has 1 aromatic heterocycles. The van der Waals surface area contributed by atoms with Crippen molar-refractivity contribution >= 4 is 34.3 Å². The molecule has 0 spiro atoms. The molecule has 0 fully saturated rings. The van der Waals surface area contributed by atoms with Crippen molar-refractivity contribution in [3.05, 3.63) is 15.3 Å². The third-order valence-electron chi connectivity index (χ3n) is 2.18. The molecule has 16 heavy (non-hydrogen) atoms. The van der Waals surface area contributed by atoms with Crippen molar-refractivity contribution in [2.45, 2.75) is 13.8 Å². The first-order chi connectivity index (χ1) is 7.63. The Morgan fingerprint density at radius 1 is 1.50 bits per heavy atom. The van der Waals surface area contributed by atoms with Crippen molar-refractivity contribution in [2.24, 2.45) is 5.84 Å². The van der Waals surface area contributed by atoms with Crippen molar-refractivity contribution in [2.75, 3.05) is 18.5 Å². The average Bonchev–Trinajstić information content (AvgIpc) is 2.30. The van der Waals surface area contributed by atoms with E-state index in [1.165, 1.54) is 0 Å². The van der Waals surface area contributed by atoms with Crippen LogP contribution in [-0.2, 0) is 0 Å². The summed E-state index contributed by atoms with van der Waals surface area (Å²) in [6.45, 7) is 5.16. The lowest BCUT2D eigenvalue weighted by Crippen LogP contribution is -2.32. The van der Waals surface area contributed by atoms with Gasteiger partial charge in [0.2, 0.25) is 0 Å². The molecule has 0 aliphatic carbocycles. The molecule has 6 nitrogen and oxygen atoms in total. The summed E-state index contributed by atoms with van der Waals surface area (Å²) < 4.78 is 0.659. The lowest BCUT2D eigenvalue weighted by atomic mass is 10.2. The van der Waals surface area contributed by atoms with E-state index in [2.05, 4.69) is 15.6 Å². The lowest BCUT2D eigenvalue weighted by molar-refractivity contribution is 0.0773. The number of halogens is 1. The average molecular weight is 335 g/mol. The number of aromatic nitrogens is 2. The maximum Gasteiger partial charge on any atom is 0.257 e. The summed E-state index contributed by atoms with van der Waals surface area (Å²) in [6.07, 6.45) is 0. The van der Waals surface area contributed by atoms with Gasteiger partial charge in [0.05, 0.1) is 5.56 Å². The van der Waals surface area contributed by atoms with Gasteiger partial charge in [-0.05, 0) is 42.5 Å². The topological polar surface area (TPSA) is 84.1 Å². The summed E-state index contributed by atoms with van der Waals surface area (Å²) >= 11 is 2.01. The lowest BCUT2D eigenvalue weighted by Gasteiger charge is -2.19. The zero-order valence-electron chi connectivity index (χ0n) is 9.20. The molecule has 0 unspecified atom stereocenters. The number of hydrogen-bond donors (Lipinski definition) is 2. The number of carbonyl (C=O) groups is 1. The summed E-state index contributed by atoms with van der Waals surface area (Å²) in [4.78, 5) is 13.8. The standard InChI is InChI=1S/C9H14IN5O/c1-3-15(4-2)9(16)6-5-7(10)13-14-8(6)12-11/h5H,3-4,11H2,1-2H3,(H,12,14). The van der Waals surface area contributed by atoms with Gasteiger partial charge in [0.15, 0.2) is 5.82 Å². The molecule has 1 amide bonds. The molecule has 0 bridgehead atoms. The number of hydrazine groups is 1. The van der Waals surface area contributed by atoms with Gasteiger partial charge in [-0.25, -0.2) is 5.84 Å². The van der Waals surface area contributed by atoms with Gasteiger partial charge in [0.25, 0.3) is 5.91 Å². The molecule has 0 aromatic carbocycles. The van der Waals surface area contributed by atoms with Gasteiger partial charge in [-0.1, -0.05) is 0 Å². The number of nitrogens with one attached hydrogen (secondary N) is 1. The Morgan fingerprint density at radius 3 is 2.62 bits per heavy atom. The minimum absolute atomic E-state index is 0.0919. The van der Waals surface area contributed by atoms with Gasteiger partial charge in [-0.3, -0.25) is 4.79 Å². The van der Waals surface area contributed by atoms with E-state index in [0.717, 1.165) is 0 Å². The second kappa shape index (κ2) is 5.94. The summed E-state index contributed by atoms with van der Waals surface area (Å²) in [5.41, 5.74) is 2.83. The second-order valence-electron chi connectivity index (χ2n) is 3.05. The van der Waals surface area contributed by atoms with Crippen LogP contribution in [0.2, 0.25) is 0 Å². The van der Waals surface area contributed by atoms with Crippen LogP contribution in [0.25, 0.3) is 0 Å². The number of amides is 1. The molecule has 0 saturated heterocycles. The molecule has 88 valence electrons. The molecule has 1 aromatic rings. The van der Waals surface area contributed by atoms with E-state index in [0.29, 0.717) is 28.2 Å². The summed E-state index contributed by atoms with van der Waals surface area (Å²) in [5.74, 6) is 5.51. The molecule has 0 aliphatic heterocycles. The Kier molecular flexibility index (Phi) is 4.87.